The fourth-order valence-corrected chi connectivity index (χ4v) is 10.9. The smallest absolute Gasteiger partial charge is 0.305 e. The molecule has 1 aromatic heterocycles. The fraction of sp³-hybridized carbons (Fsp3) is 0.273. The minimum absolute atomic E-state index is 0.00540. The highest BCUT2D eigenvalue weighted by Gasteiger charge is 2.69. The van der Waals surface area contributed by atoms with E-state index in [4.69, 9.17) is 16.3 Å². The first kappa shape index (κ1) is 28.4. The normalized spacial score (nSPS) is 27.7. The van der Waals surface area contributed by atoms with Gasteiger partial charge in [-0.05, 0) is 90.4 Å². The summed E-state index contributed by atoms with van der Waals surface area (Å²) in [6.07, 6.45) is 0.785. The van der Waals surface area contributed by atoms with Crippen molar-refractivity contribution in [1.29, 1.82) is 0 Å². The first-order chi connectivity index (χ1) is 21.8. The average molecular weight is 660 g/mol. The van der Waals surface area contributed by atoms with E-state index in [0.29, 0.717) is 22.1 Å². The molecule has 2 bridgehead atoms. The van der Waals surface area contributed by atoms with Gasteiger partial charge < -0.3 is 20.1 Å². The summed E-state index contributed by atoms with van der Waals surface area (Å²) in [5.74, 6) is -1.00. The summed E-state index contributed by atoms with van der Waals surface area (Å²) in [6.45, 7) is -0.217. The molecule has 3 heterocycles. The van der Waals surface area contributed by atoms with Crippen LogP contribution in [0.2, 0.25) is 5.02 Å². The summed E-state index contributed by atoms with van der Waals surface area (Å²) < 4.78 is 5.89. The van der Waals surface area contributed by atoms with Crippen LogP contribution in [0, 0.1) is 29.6 Å². The van der Waals surface area contributed by atoms with Crippen LogP contribution in [0.25, 0.3) is 0 Å². The van der Waals surface area contributed by atoms with Crippen molar-refractivity contribution < 1.29 is 24.2 Å². The Labute approximate surface area is 270 Å². The van der Waals surface area contributed by atoms with E-state index in [1.54, 1.807) is 54.2 Å². The van der Waals surface area contributed by atoms with Gasteiger partial charge in [-0.2, -0.15) is 0 Å². The molecule has 3 aromatic carbocycles. The maximum absolute atomic E-state index is 13.9. The number of thiazole rings is 1. The Morgan fingerprint density at radius 3 is 2.49 bits per heavy atom. The van der Waals surface area contributed by atoms with E-state index in [9.17, 15) is 24.3 Å². The first-order valence-electron chi connectivity index (χ1n) is 14.6. The number of aromatic amines is 1. The van der Waals surface area contributed by atoms with Gasteiger partial charge in [-0.25, -0.2) is 0 Å². The number of halogens is 1. The highest BCUT2D eigenvalue weighted by molar-refractivity contribution is 8.00. The maximum Gasteiger partial charge on any atom is 0.305 e. The van der Waals surface area contributed by atoms with Crippen molar-refractivity contribution in [2.24, 2.45) is 29.6 Å². The van der Waals surface area contributed by atoms with Gasteiger partial charge in [0.25, 0.3) is 5.91 Å². The molecule has 12 heteroatoms. The van der Waals surface area contributed by atoms with Crippen LogP contribution in [0.15, 0.2) is 82.6 Å². The predicted octanol–water partition coefficient (Wildman–Crippen LogP) is 5.49. The van der Waals surface area contributed by atoms with Crippen molar-refractivity contribution in [3.63, 3.8) is 0 Å². The van der Waals surface area contributed by atoms with Gasteiger partial charge in [0.15, 0.2) is 6.61 Å². The van der Waals surface area contributed by atoms with Gasteiger partial charge in [0.2, 0.25) is 11.8 Å². The molecule has 0 spiro atoms. The van der Waals surface area contributed by atoms with Crippen molar-refractivity contribution in [3.05, 3.63) is 97.9 Å². The molecule has 2 aliphatic carbocycles. The largest absolute Gasteiger partial charge is 0.508 e. The molecule has 2 aliphatic heterocycles. The van der Waals surface area contributed by atoms with Crippen LogP contribution >= 0.6 is 34.7 Å². The number of benzene rings is 3. The van der Waals surface area contributed by atoms with Gasteiger partial charge in [-0.1, -0.05) is 35.1 Å². The number of phenolic OH excluding ortho intramolecular Hbond substituents is 1. The third-order valence-electron chi connectivity index (χ3n) is 9.55. The Morgan fingerprint density at radius 2 is 1.73 bits per heavy atom. The second-order valence-corrected chi connectivity index (χ2v) is 14.5. The summed E-state index contributed by atoms with van der Waals surface area (Å²) >= 11 is 8.91. The Hall–Kier alpha value is -4.06. The number of ether oxygens (including phenoxy) is 1. The van der Waals surface area contributed by atoms with Crippen LogP contribution < -0.4 is 19.8 Å². The molecule has 4 unspecified atom stereocenters. The van der Waals surface area contributed by atoms with E-state index in [2.05, 4.69) is 10.3 Å². The molecule has 3 amide bonds. The number of nitrogens with one attached hydrogen (secondary N) is 2. The lowest BCUT2D eigenvalue weighted by atomic mass is 9.68. The van der Waals surface area contributed by atoms with Crippen molar-refractivity contribution in [2.75, 3.05) is 16.8 Å². The summed E-state index contributed by atoms with van der Waals surface area (Å²) in [4.78, 5) is 58.1. The standard InChI is InChI=1S/C33H26ClN3O6S2/c34-16-4-8-18(9-5-16)37-31(40)26-21-13-22(27(26)32(37)41)28-25(21)24(29-30(44-28)36-33(42)45-29)15-2-1-3-20(12-15)43-14-23(39)35-17-6-10-19(38)11-7-17/h1-12,21-22,24-28,38H,13-14H2,(H,35,39)(H,36,42)/t21-,22-,24-,25?,26?,27?,28?/m1/s1. The van der Waals surface area contributed by atoms with Crippen LogP contribution in [-0.4, -0.2) is 39.7 Å². The van der Waals surface area contributed by atoms with E-state index in [0.717, 1.165) is 21.9 Å². The molecule has 228 valence electrons. The number of H-pyrrole nitrogens is 1. The number of aromatic nitrogens is 1. The second kappa shape index (κ2) is 10.8. The molecule has 3 fully saturated rings. The fourth-order valence-electron chi connectivity index (χ4n) is 7.92. The Morgan fingerprint density at radius 1 is 1.00 bits per heavy atom. The quantitative estimate of drug-likeness (QED) is 0.184. The van der Waals surface area contributed by atoms with Crippen molar-refractivity contribution in [3.8, 4) is 11.5 Å². The van der Waals surface area contributed by atoms with Gasteiger partial charge in [-0.3, -0.25) is 24.1 Å². The van der Waals surface area contributed by atoms with E-state index >= 15 is 0 Å². The van der Waals surface area contributed by atoms with E-state index in [1.165, 1.54) is 28.4 Å². The highest BCUT2D eigenvalue weighted by atomic mass is 35.5. The zero-order chi connectivity index (χ0) is 31.0. The molecular weight excluding hydrogens is 634 g/mol. The lowest BCUT2D eigenvalue weighted by Gasteiger charge is -2.43. The topological polar surface area (TPSA) is 129 Å². The van der Waals surface area contributed by atoms with Crippen molar-refractivity contribution in [2.45, 2.75) is 22.6 Å². The summed E-state index contributed by atoms with van der Waals surface area (Å²) in [6, 6.07) is 20.5. The molecule has 3 N–H and O–H groups in total. The summed E-state index contributed by atoms with van der Waals surface area (Å²) in [5, 5.41) is 13.6. The number of amides is 3. The number of aromatic hydroxyl groups is 1. The molecule has 2 saturated carbocycles. The SMILES string of the molecule is O=C(COc1cccc([C@H]2c3sc(=O)[nH]c3SC3C2[C@H]2C[C@@H]3C3C(=O)N(c4ccc(Cl)cc4)C(=O)C32)c1)Nc1ccc(O)cc1. The van der Waals surface area contributed by atoms with Crippen LogP contribution in [0.4, 0.5) is 11.4 Å². The Bertz CT molecular complexity index is 1910. The number of thioether (sulfide) groups is 1. The molecule has 4 aliphatic rings. The number of anilines is 2. The third kappa shape index (κ3) is 4.67. The molecule has 0 radical (unpaired) electrons. The third-order valence-corrected chi connectivity index (χ3v) is 12.4. The van der Waals surface area contributed by atoms with Gasteiger partial charge >= 0.3 is 4.87 Å². The first-order valence-corrected chi connectivity index (χ1v) is 16.7. The average Bonchev–Trinajstić information content (AvgIpc) is 3.77. The number of hydrogen-bond donors (Lipinski definition) is 3. The number of rotatable bonds is 6. The molecule has 45 heavy (non-hydrogen) atoms. The zero-order valence-electron chi connectivity index (χ0n) is 23.5. The summed E-state index contributed by atoms with van der Waals surface area (Å²) in [5.41, 5.74) is 2.02. The van der Waals surface area contributed by atoms with E-state index < -0.39 is 5.92 Å². The lowest BCUT2D eigenvalue weighted by Crippen LogP contribution is -2.42. The number of imide groups is 1. The molecule has 4 aromatic rings. The van der Waals surface area contributed by atoms with Crippen LogP contribution in [-0.2, 0) is 14.4 Å². The number of hydrogen-bond acceptors (Lipinski definition) is 8. The maximum atomic E-state index is 13.9. The minimum atomic E-state index is -0.414. The Kier molecular flexibility index (Phi) is 6.81. The molecule has 7 atom stereocenters. The highest BCUT2D eigenvalue weighted by Crippen LogP contribution is 2.68. The number of carbonyl (C=O) groups excluding carboxylic acids is 3. The number of phenols is 1. The molecular formula is C33H26ClN3O6S2. The minimum Gasteiger partial charge on any atom is -0.508 e. The molecule has 9 nitrogen and oxygen atoms in total. The lowest BCUT2D eigenvalue weighted by molar-refractivity contribution is -0.123. The Balaban J connectivity index is 1.08. The van der Waals surface area contributed by atoms with E-state index in [-0.39, 0.29) is 69.8 Å². The number of nitrogens with zero attached hydrogens (tertiary/aromatic N) is 1. The van der Waals surface area contributed by atoms with Crippen LogP contribution in [0.1, 0.15) is 22.8 Å². The summed E-state index contributed by atoms with van der Waals surface area (Å²) in [7, 11) is 0. The molecule has 8 rings (SSSR count). The number of fused-ring (bicyclic) bond motifs is 9. The van der Waals surface area contributed by atoms with Gasteiger partial charge in [0, 0.05) is 26.8 Å². The second-order valence-electron chi connectivity index (χ2n) is 11.9. The zero-order valence-corrected chi connectivity index (χ0v) is 25.9. The predicted molar refractivity (Wildman–Crippen MR) is 171 cm³/mol. The molecule has 1 saturated heterocycles. The van der Waals surface area contributed by atoms with Crippen LogP contribution in [0.3, 0.4) is 0 Å². The monoisotopic (exact) mass is 659 g/mol. The van der Waals surface area contributed by atoms with Gasteiger partial charge in [0.05, 0.1) is 22.5 Å². The van der Waals surface area contributed by atoms with Crippen molar-refractivity contribution in [1.82, 2.24) is 4.98 Å². The van der Waals surface area contributed by atoms with Crippen LogP contribution in [0.5, 0.6) is 11.5 Å². The van der Waals surface area contributed by atoms with Crippen molar-refractivity contribution >= 4 is 63.8 Å². The van der Waals surface area contributed by atoms with Gasteiger partial charge in [-0.15, -0.1) is 11.8 Å². The van der Waals surface area contributed by atoms with E-state index in [1.807, 2.05) is 18.2 Å². The number of carbonyl (C=O) groups is 3. The van der Waals surface area contributed by atoms with Gasteiger partial charge in [0.1, 0.15) is 11.5 Å².